The average Bonchev–Trinajstić information content (AvgIpc) is 2.42. The second kappa shape index (κ2) is 5.41. The van der Waals surface area contributed by atoms with E-state index in [0.29, 0.717) is 5.69 Å². The summed E-state index contributed by atoms with van der Waals surface area (Å²) in [5.74, 6) is 0. The van der Waals surface area contributed by atoms with E-state index in [4.69, 9.17) is 4.74 Å². The molecule has 106 valence electrons. The van der Waals surface area contributed by atoms with Gasteiger partial charge in [-0.25, -0.2) is 0 Å². The van der Waals surface area contributed by atoms with Gasteiger partial charge in [-0.2, -0.15) is 0 Å². The van der Waals surface area contributed by atoms with Crippen molar-refractivity contribution in [1.29, 1.82) is 0 Å². The van der Waals surface area contributed by atoms with Crippen molar-refractivity contribution >= 4 is 5.69 Å². The Morgan fingerprint density at radius 2 is 1.79 bits per heavy atom. The second-order valence-electron chi connectivity index (χ2n) is 4.45. The number of para-hydroxylation sites is 1. The van der Waals surface area contributed by atoms with Gasteiger partial charge in [0.15, 0.2) is 12.0 Å². The molecule has 1 fully saturated rings. The predicted octanol–water partition coefficient (Wildman–Crippen LogP) is -1.78. The van der Waals surface area contributed by atoms with Crippen LogP contribution in [-0.4, -0.2) is 62.5 Å². The lowest BCUT2D eigenvalue weighted by molar-refractivity contribution is -0.313. The summed E-state index contributed by atoms with van der Waals surface area (Å²) < 4.78 is 4.89. The van der Waals surface area contributed by atoms with Gasteiger partial charge in [0.25, 0.3) is 0 Å². The van der Waals surface area contributed by atoms with Crippen LogP contribution in [0.2, 0.25) is 0 Å². The molecule has 7 nitrogen and oxygen atoms in total. The molecule has 1 aromatic carbocycles. The van der Waals surface area contributed by atoms with Gasteiger partial charge in [0.1, 0.15) is 18.3 Å². The van der Waals surface area contributed by atoms with E-state index in [1.54, 1.807) is 30.3 Å². The molecule has 1 heterocycles. The molecule has 0 saturated carbocycles. The van der Waals surface area contributed by atoms with Crippen molar-refractivity contribution in [3.05, 3.63) is 30.3 Å². The monoisotopic (exact) mass is 271 g/mol. The largest absolute Gasteiger partial charge is 0.393 e. The fraction of sp³-hybridized carbons (Fsp3) is 0.500. The Morgan fingerprint density at radius 1 is 1.16 bits per heavy atom. The minimum atomic E-state index is -2.12. The van der Waals surface area contributed by atoms with Crippen molar-refractivity contribution in [3.63, 3.8) is 0 Å². The molecule has 0 radical (unpaired) electrons. The van der Waals surface area contributed by atoms with Gasteiger partial charge in [-0.1, -0.05) is 18.2 Å². The number of anilines is 1. The molecule has 19 heavy (non-hydrogen) atoms. The number of hydrogen-bond donors (Lipinski definition) is 6. The van der Waals surface area contributed by atoms with Crippen molar-refractivity contribution in [2.45, 2.75) is 30.3 Å². The van der Waals surface area contributed by atoms with Gasteiger partial charge >= 0.3 is 0 Å². The van der Waals surface area contributed by atoms with Crippen LogP contribution in [-0.2, 0) is 4.74 Å². The molecule has 6 N–H and O–H groups in total. The molecule has 0 amide bonds. The highest BCUT2D eigenvalue weighted by Gasteiger charge is 2.54. The highest BCUT2D eigenvalue weighted by atomic mass is 16.6. The van der Waals surface area contributed by atoms with E-state index >= 15 is 0 Å². The second-order valence-corrected chi connectivity index (χ2v) is 4.45. The van der Waals surface area contributed by atoms with Crippen LogP contribution in [0.3, 0.4) is 0 Å². The minimum absolute atomic E-state index is 0.467. The zero-order chi connectivity index (χ0) is 14.0. The first-order valence-electron chi connectivity index (χ1n) is 5.85. The summed E-state index contributed by atoms with van der Waals surface area (Å²) in [5, 5.41) is 51.1. The van der Waals surface area contributed by atoms with Crippen LogP contribution in [0.5, 0.6) is 0 Å². The van der Waals surface area contributed by atoms with Gasteiger partial charge in [0, 0.05) is 5.69 Å². The molecule has 1 aromatic rings. The lowest BCUT2D eigenvalue weighted by atomic mass is 9.91. The molecule has 1 aliphatic rings. The molecule has 7 heteroatoms. The topological polar surface area (TPSA) is 122 Å². The summed E-state index contributed by atoms with van der Waals surface area (Å²) in [7, 11) is 0. The highest BCUT2D eigenvalue weighted by Crippen LogP contribution is 2.30. The molecule has 1 aliphatic heterocycles. The number of rotatable bonds is 3. The Labute approximate surface area is 109 Å². The van der Waals surface area contributed by atoms with Crippen molar-refractivity contribution in [1.82, 2.24) is 0 Å². The van der Waals surface area contributed by atoms with Crippen LogP contribution >= 0.6 is 0 Å². The van der Waals surface area contributed by atoms with Crippen LogP contribution in [0, 0.1) is 0 Å². The molecule has 1 saturated heterocycles. The minimum Gasteiger partial charge on any atom is -0.393 e. The number of nitrogens with one attached hydrogen (secondary N) is 1. The van der Waals surface area contributed by atoms with E-state index in [-0.39, 0.29) is 0 Å². The Hall–Kier alpha value is -1.22. The normalized spacial score (nSPS) is 39.0. The number of hydrogen-bond acceptors (Lipinski definition) is 7. The standard InChI is InChI=1S/C12H17NO6/c14-6-8-12(18,10(16)9(15)11(17)19-8)13-7-4-2-1-3-5-7/h1-5,8-11,13-18H,6H2/t8-,9-,10-,11-,12+/m0/s1. The molecular formula is C12H17NO6. The quantitative estimate of drug-likeness (QED) is 0.359. The molecular weight excluding hydrogens is 254 g/mol. The Bertz CT molecular complexity index is 412. The third kappa shape index (κ3) is 2.57. The van der Waals surface area contributed by atoms with E-state index in [9.17, 15) is 25.5 Å². The number of aliphatic hydroxyl groups is 5. The first kappa shape index (κ1) is 14.2. The molecule has 0 aliphatic carbocycles. The van der Waals surface area contributed by atoms with Crippen LogP contribution in [0.4, 0.5) is 5.69 Å². The summed E-state index contributed by atoms with van der Waals surface area (Å²) in [5.41, 5.74) is -1.65. The van der Waals surface area contributed by atoms with Gasteiger partial charge in [-0.05, 0) is 12.1 Å². The number of aliphatic hydroxyl groups excluding tert-OH is 4. The van der Waals surface area contributed by atoms with Crippen molar-refractivity contribution in [2.75, 3.05) is 11.9 Å². The predicted molar refractivity (Wildman–Crippen MR) is 65.0 cm³/mol. The summed E-state index contributed by atoms with van der Waals surface area (Å²) in [6.07, 6.45) is -6.39. The van der Waals surface area contributed by atoms with Gasteiger partial charge < -0.3 is 35.6 Å². The SMILES string of the molecule is OC[C@@H]1O[C@H](O)[C@@H](O)[C@H](O)[C@@]1(O)Nc1ccccc1. The van der Waals surface area contributed by atoms with Gasteiger partial charge in [0.05, 0.1) is 6.61 Å². The van der Waals surface area contributed by atoms with E-state index in [1.165, 1.54) is 0 Å². The van der Waals surface area contributed by atoms with Crippen LogP contribution < -0.4 is 5.32 Å². The fourth-order valence-electron chi connectivity index (χ4n) is 2.05. The van der Waals surface area contributed by atoms with Crippen LogP contribution in [0.15, 0.2) is 30.3 Å². The van der Waals surface area contributed by atoms with Crippen molar-refractivity contribution in [3.8, 4) is 0 Å². The van der Waals surface area contributed by atoms with Gasteiger partial charge in [-0.15, -0.1) is 0 Å². The Balaban J connectivity index is 2.26. The first-order valence-corrected chi connectivity index (χ1v) is 5.85. The summed E-state index contributed by atoms with van der Waals surface area (Å²) in [6.45, 7) is -0.642. The van der Waals surface area contributed by atoms with Crippen LogP contribution in [0.1, 0.15) is 0 Å². The molecule has 0 unspecified atom stereocenters. The zero-order valence-corrected chi connectivity index (χ0v) is 10.0. The molecule has 2 rings (SSSR count). The summed E-state index contributed by atoms with van der Waals surface area (Å²) >= 11 is 0. The number of ether oxygens (including phenoxy) is 1. The molecule has 0 aromatic heterocycles. The maximum atomic E-state index is 10.4. The average molecular weight is 271 g/mol. The van der Waals surface area contributed by atoms with Crippen molar-refractivity contribution in [2.24, 2.45) is 0 Å². The Morgan fingerprint density at radius 3 is 2.37 bits per heavy atom. The van der Waals surface area contributed by atoms with E-state index < -0.39 is 36.9 Å². The highest BCUT2D eigenvalue weighted by molar-refractivity contribution is 5.45. The zero-order valence-electron chi connectivity index (χ0n) is 10.0. The van der Waals surface area contributed by atoms with E-state index in [1.807, 2.05) is 0 Å². The number of benzene rings is 1. The summed E-state index contributed by atoms with van der Waals surface area (Å²) in [6, 6.07) is 8.46. The maximum Gasteiger partial charge on any atom is 0.194 e. The lowest BCUT2D eigenvalue weighted by Gasteiger charge is -2.47. The lowest BCUT2D eigenvalue weighted by Crippen LogP contribution is -2.70. The smallest absolute Gasteiger partial charge is 0.194 e. The summed E-state index contributed by atoms with van der Waals surface area (Å²) in [4.78, 5) is 0. The first-order chi connectivity index (χ1) is 8.99. The van der Waals surface area contributed by atoms with Gasteiger partial charge in [0.2, 0.25) is 0 Å². The van der Waals surface area contributed by atoms with Gasteiger partial charge in [-0.3, -0.25) is 0 Å². The third-order valence-electron chi connectivity index (χ3n) is 3.15. The van der Waals surface area contributed by atoms with E-state index in [0.717, 1.165) is 0 Å². The molecule has 0 spiro atoms. The van der Waals surface area contributed by atoms with Crippen LogP contribution in [0.25, 0.3) is 0 Å². The third-order valence-corrected chi connectivity index (χ3v) is 3.15. The Kier molecular flexibility index (Phi) is 4.04. The maximum absolute atomic E-state index is 10.4. The molecule has 5 atom stereocenters. The van der Waals surface area contributed by atoms with E-state index in [2.05, 4.69) is 5.32 Å². The van der Waals surface area contributed by atoms with Crippen molar-refractivity contribution < 1.29 is 30.3 Å². The molecule has 0 bridgehead atoms. The fourth-order valence-corrected chi connectivity index (χ4v) is 2.05.